The van der Waals surface area contributed by atoms with Crippen LogP contribution in [0.1, 0.15) is 20.8 Å². The zero-order chi connectivity index (χ0) is 17.7. The summed E-state index contributed by atoms with van der Waals surface area (Å²) in [6, 6.07) is 6.85. The molecule has 7 heteroatoms. The van der Waals surface area contributed by atoms with E-state index < -0.39 is 5.91 Å². The number of carbonyl (C=O) groups excluding carboxylic acids is 2. The summed E-state index contributed by atoms with van der Waals surface area (Å²) in [5.41, 5.74) is 2.61. The van der Waals surface area contributed by atoms with Gasteiger partial charge in [-0.05, 0) is 32.1 Å². The van der Waals surface area contributed by atoms with E-state index in [2.05, 4.69) is 20.9 Å². The fraction of sp³-hybridized carbons (Fsp3) is 0.176. The second-order valence-corrected chi connectivity index (χ2v) is 5.29. The molecule has 0 saturated carbocycles. The lowest BCUT2D eigenvalue weighted by atomic mass is 10.2. The lowest BCUT2D eigenvalue weighted by Gasteiger charge is -2.16. The minimum atomic E-state index is -0.489. The summed E-state index contributed by atoms with van der Waals surface area (Å²) in [6.07, 6.45) is 2.79. The number of allylic oxidation sites excluding steroid dienone is 2. The van der Waals surface area contributed by atoms with Crippen LogP contribution in [0, 0.1) is 5.41 Å². The van der Waals surface area contributed by atoms with Crippen LogP contribution in [0.5, 0.6) is 0 Å². The van der Waals surface area contributed by atoms with Gasteiger partial charge in [0.15, 0.2) is 0 Å². The van der Waals surface area contributed by atoms with Gasteiger partial charge in [0.25, 0.3) is 5.91 Å². The molecular formula is C17H19N5O2. The summed E-state index contributed by atoms with van der Waals surface area (Å²) < 4.78 is 0. The van der Waals surface area contributed by atoms with E-state index in [4.69, 9.17) is 5.41 Å². The Morgan fingerprint density at radius 1 is 1.17 bits per heavy atom. The van der Waals surface area contributed by atoms with Gasteiger partial charge in [-0.3, -0.25) is 9.59 Å². The first-order valence-corrected chi connectivity index (χ1v) is 7.34. The Morgan fingerprint density at radius 3 is 2.33 bits per heavy atom. The Bertz CT molecular complexity index is 790. The number of hydrogen-bond acceptors (Lipinski definition) is 5. The molecule has 0 saturated heterocycles. The van der Waals surface area contributed by atoms with Crippen molar-refractivity contribution in [2.45, 2.75) is 20.8 Å². The first-order valence-electron chi connectivity index (χ1n) is 7.34. The third kappa shape index (κ3) is 4.16. The Balaban J connectivity index is 2.31. The van der Waals surface area contributed by atoms with Crippen LogP contribution in [0.25, 0.3) is 0 Å². The number of rotatable bonds is 4. The summed E-state index contributed by atoms with van der Waals surface area (Å²) >= 11 is 0. The first-order chi connectivity index (χ1) is 11.4. The largest absolute Gasteiger partial charge is 0.343 e. The molecule has 24 heavy (non-hydrogen) atoms. The standard InChI is InChI=1S/C17H19N5O2/c1-10-8-11(2)20-16(19-10)13(9-18)17(24)22-15-7-5-4-6-14(15)21-12(3)23/h4-9,18-19H,1-3H3,(H,21,23)(H,22,24)/b16-13-,18-9?. The van der Waals surface area contributed by atoms with E-state index in [1.54, 1.807) is 24.3 Å². The van der Waals surface area contributed by atoms with Gasteiger partial charge in [-0.2, -0.15) is 0 Å². The molecule has 0 unspecified atom stereocenters. The number of para-hydroxylation sites is 2. The minimum Gasteiger partial charge on any atom is -0.343 e. The lowest BCUT2D eigenvalue weighted by Crippen LogP contribution is -2.24. The maximum atomic E-state index is 12.5. The average molecular weight is 325 g/mol. The van der Waals surface area contributed by atoms with Crippen molar-refractivity contribution in [3.05, 3.63) is 47.4 Å². The molecular weight excluding hydrogens is 306 g/mol. The SMILES string of the molecule is CC(=O)Nc1ccccc1NC(=O)/C(C=N)=C1\N=C(C)C=C(C)N1. The van der Waals surface area contributed by atoms with Crippen LogP contribution in [-0.2, 0) is 9.59 Å². The van der Waals surface area contributed by atoms with Gasteiger partial charge >= 0.3 is 0 Å². The van der Waals surface area contributed by atoms with E-state index in [9.17, 15) is 9.59 Å². The number of carbonyl (C=O) groups is 2. The van der Waals surface area contributed by atoms with E-state index in [0.29, 0.717) is 17.2 Å². The third-order valence-electron chi connectivity index (χ3n) is 3.16. The van der Waals surface area contributed by atoms with Crippen LogP contribution in [-0.4, -0.2) is 23.7 Å². The number of benzene rings is 1. The Labute approximate surface area is 140 Å². The highest BCUT2D eigenvalue weighted by atomic mass is 16.2. The summed E-state index contributed by atoms with van der Waals surface area (Å²) in [4.78, 5) is 28.1. The van der Waals surface area contributed by atoms with Gasteiger partial charge in [-0.1, -0.05) is 12.1 Å². The maximum absolute atomic E-state index is 12.5. The minimum absolute atomic E-state index is 0.0967. The van der Waals surface area contributed by atoms with Crippen molar-refractivity contribution in [2.75, 3.05) is 10.6 Å². The predicted molar refractivity (Wildman–Crippen MR) is 95.2 cm³/mol. The second-order valence-electron chi connectivity index (χ2n) is 5.29. The molecule has 1 aliphatic heterocycles. The number of amides is 2. The highest BCUT2D eigenvalue weighted by Gasteiger charge is 2.17. The van der Waals surface area contributed by atoms with Crippen molar-refractivity contribution in [1.82, 2.24) is 5.32 Å². The fourth-order valence-corrected chi connectivity index (χ4v) is 2.22. The fourth-order valence-electron chi connectivity index (χ4n) is 2.22. The van der Waals surface area contributed by atoms with Gasteiger partial charge in [0.1, 0.15) is 5.82 Å². The van der Waals surface area contributed by atoms with Crippen molar-refractivity contribution in [3.63, 3.8) is 0 Å². The predicted octanol–water partition coefficient (Wildman–Crippen LogP) is 2.41. The van der Waals surface area contributed by atoms with Crippen LogP contribution < -0.4 is 16.0 Å². The van der Waals surface area contributed by atoms with Gasteiger partial charge < -0.3 is 21.4 Å². The van der Waals surface area contributed by atoms with Crippen LogP contribution in [0.4, 0.5) is 11.4 Å². The Hall–Kier alpha value is -3.22. The molecule has 1 aromatic carbocycles. The van der Waals surface area contributed by atoms with Gasteiger partial charge in [0.05, 0.1) is 16.9 Å². The van der Waals surface area contributed by atoms with Gasteiger partial charge in [-0.15, -0.1) is 0 Å². The zero-order valence-electron chi connectivity index (χ0n) is 13.7. The Kier molecular flexibility index (Phi) is 5.26. The third-order valence-corrected chi connectivity index (χ3v) is 3.16. The molecule has 2 rings (SSSR count). The van der Waals surface area contributed by atoms with E-state index in [1.807, 2.05) is 19.9 Å². The van der Waals surface area contributed by atoms with Crippen molar-refractivity contribution in [1.29, 1.82) is 5.41 Å². The van der Waals surface area contributed by atoms with Crippen molar-refractivity contribution in [3.8, 4) is 0 Å². The highest BCUT2D eigenvalue weighted by Crippen LogP contribution is 2.22. The van der Waals surface area contributed by atoms with Crippen LogP contribution in [0.15, 0.2) is 52.4 Å². The highest BCUT2D eigenvalue weighted by molar-refractivity contribution is 6.19. The van der Waals surface area contributed by atoms with E-state index >= 15 is 0 Å². The number of aliphatic imine (C=N–C) groups is 1. The summed E-state index contributed by atoms with van der Waals surface area (Å²) in [5, 5.41) is 15.9. The van der Waals surface area contributed by atoms with E-state index in [1.165, 1.54) is 6.92 Å². The van der Waals surface area contributed by atoms with E-state index in [-0.39, 0.29) is 11.5 Å². The maximum Gasteiger partial charge on any atom is 0.261 e. The molecule has 2 amide bonds. The molecule has 7 nitrogen and oxygen atoms in total. The van der Waals surface area contributed by atoms with Gasteiger partial charge in [0, 0.05) is 24.5 Å². The molecule has 1 aliphatic rings. The molecule has 0 aromatic heterocycles. The molecule has 124 valence electrons. The smallest absolute Gasteiger partial charge is 0.261 e. The topological polar surface area (TPSA) is 106 Å². The molecule has 0 fully saturated rings. The number of anilines is 2. The molecule has 0 spiro atoms. The summed E-state index contributed by atoms with van der Waals surface area (Å²) in [6.45, 7) is 5.06. The molecule has 0 aliphatic carbocycles. The Morgan fingerprint density at radius 2 is 1.79 bits per heavy atom. The molecule has 0 bridgehead atoms. The van der Waals surface area contributed by atoms with Gasteiger partial charge in [0.2, 0.25) is 5.91 Å². The molecule has 1 heterocycles. The van der Waals surface area contributed by atoms with Crippen molar-refractivity contribution >= 4 is 35.1 Å². The van der Waals surface area contributed by atoms with E-state index in [0.717, 1.165) is 17.6 Å². The van der Waals surface area contributed by atoms with Crippen LogP contribution >= 0.6 is 0 Å². The number of nitrogens with zero attached hydrogens (tertiary/aromatic N) is 1. The summed E-state index contributed by atoms with van der Waals surface area (Å²) in [7, 11) is 0. The molecule has 1 aromatic rings. The lowest BCUT2D eigenvalue weighted by molar-refractivity contribution is -0.114. The zero-order valence-corrected chi connectivity index (χ0v) is 13.7. The average Bonchev–Trinajstić information content (AvgIpc) is 2.48. The van der Waals surface area contributed by atoms with Crippen molar-refractivity contribution in [2.24, 2.45) is 4.99 Å². The second kappa shape index (κ2) is 7.36. The monoisotopic (exact) mass is 325 g/mol. The molecule has 0 radical (unpaired) electrons. The van der Waals surface area contributed by atoms with Crippen LogP contribution in [0.2, 0.25) is 0 Å². The normalized spacial score (nSPS) is 15.5. The van der Waals surface area contributed by atoms with Crippen molar-refractivity contribution < 1.29 is 9.59 Å². The molecule has 0 atom stereocenters. The quantitative estimate of drug-likeness (QED) is 0.504. The van der Waals surface area contributed by atoms with Gasteiger partial charge in [-0.25, -0.2) is 4.99 Å². The summed E-state index contributed by atoms with van der Waals surface area (Å²) in [5.74, 6) is -0.411. The first kappa shape index (κ1) is 17.1. The number of nitrogens with one attached hydrogen (secondary N) is 4. The number of hydrogen-bond donors (Lipinski definition) is 4. The molecule has 4 N–H and O–H groups in total. The van der Waals surface area contributed by atoms with Crippen LogP contribution in [0.3, 0.4) is 0 Å².